The minimum absolute atomic E-state index is 0.144. The van der Waals surface area contributed by atoms with Crippen molar-refractivity contribution in [2.45, 2.75) is 18.6 Å². The summed E-state index contributed by atoms with van der Waals surface area (Å²) < 4.78 is 11.2. The number of benzene rings is 2. The number of amides is 5. The summed E-state index contributed by atoms with van der Waals surface area (Å²) >= 11 is 0. The average Bonchev–Trinajstić information content (AvgIpc) is 3.53. The van der Waals surface area contributed by atoms with Gasteiger partial charge >= 0.3 is 6.03 Å². The molecule has 3 aliphatic rings. The van der Waals surface area contributed by atoms with Crippen LogP contribution >= 0.6 is 0 Å². The molecule has 4 heterocycles. The van der Waals surface area contributed by atoms with E-state index in [2.05, 4.69) is 16.0 Å². The molecule has 1 saturated heterocycles. The summed E-state index contributed by atoms with van der Waals surface area (Å²) in [5, 5.41) is 8.23. The minimum Gasteiger partial charge on any atom is -0.497 e. The molecule has 1 fully saturated rings. The molecule has 6 rings (SSSR count). The van der Waals surface area contributed by atoms with Crippen molar-refractivity contribution in [1.29, 1.82) is 0 Å². The van der Waals surface area contributed by atoms with Crippen LogP contribution in [-0.2, 0) is 23.4 Å². The first-order valence-electron chi connectivity index (χ1n) is 10.3. The summed E-state index contributed by atoms with van der Waals surface area (Å²) in [7, 11) is 1.52. The van der Waals surface area contributed by atoms with Crippen molar-refractivity contribution in [2.75, 3.05) is 13.7 Å². The number of urea groups is 1. The summed E-state index contributed by atoms with van der Waals surface area (Å²) in [6.07, 6.45) is 0. The number of hydrogen-bond acceptors (Lipinski definition) is 6. The van der Waals surface area contributed by atoms with Gasteiger partial charge in [0, 0.05) is 24.0 Å². The van der Waals surface area contributed by atoms with Gasteiger partial charge in [-0.2, -0.15) is 0 Å². The van der Waals surface area contributed by atoms with Gasteiger partial charge in [0.25, 0.3) is 17.7 Å². The van der Waals surface area contributed by atoms with Gasteiger partial charge in [-0.15, -0.1) is 0 Å². The average molecular weight is 446 g/mol. The maximum Gasteiger partial charge on any atom is 0.322 e. The lowest BCUT2D eigenvalue weighted by Gasteiger charge is -2.29. The molecular weight excluding hydrogens is 428 g/mol. The number of rotatable bonds is 4. The minimum atomic E-state index is -1.64. The Balaban J connectivity index is 1.43. The summed E-state index contributed by atoms with van der Waals surface area (Å²) in [6.45, 7) is 0.534. The lowest BCUT2D eigenvalue weighted by Crippen LogP contribution is -2.52. The highest BCUT2D eigenvalue weighted by Gasteiger charge is 2.53. The number of furan rings is 1. The Morgan fingerprint density at radius 2 is 1.91 bits per heavy atom. The van der Waals surface area contributed by atoms with Gasteiger partial charge in [0.05, 0.1) is 19.2 Å². The third-order valence-corrected chi connectivity index (χ3v) is 6.44. The zero-order valence-corrected chi connectivity index (χ0v) is 17.5. The van der Waals surface area contributed by atoms with Crippen LogP contribution in [0.2, 0.25) is 0 Å². The smallest absolute Gasteiger partial charge is 0.322 e. The second-order valence-corrected chi connectivity index (χ2v) is 8.30. The number of fused-ring (bicyclic) bond motifs is 4. The zero-order valence-electron chi connectivity index (χ0n) is 17.5. The molecule has 166 valence electrons. The number of methoxy groups -OCH3 is 1. The van der Waals surface area contributed by atoms with Crippen LogP contribution in [-0.4, -0.2) is 42.3 Å². The maximum absolute atomic E-state index is 13.1. The van der Waals surface area contributed by atoms with E-state index in [1.54, 1.807) is 36.4 Å². The van der Waals surface area contributed by atoms with Crippen LogP contribution in [0.3, 0.4) is 0 Å². The fourth-order valence-corrected chi connectivity index (χ4v) is 4.78. The molecule has 5 amide bonds. The molecule has 0 radical (unpaired) electrons. The number of hydrogen-bond donors (Lipinski definition) is 3. The molecule has 1 unspecified atom stereocenters. The van der Waals surface area contributed by atoms with Gasteiger partial charge in [-0.1, -0.05) is 12.1 Å². The van der Waals surface area contributed by atoms with Crippen molar-refractivity contribution in [3.8, 4) is 5.75 Å². The molecule has 3 aliphatic heterocycles. The molecule has 33 heavy (non-hydrogen) atoms. The molecule has 2 aromatic carbocycles. The fourth-order valence-electron chi connectivity index (χ4n) is 4.78. The van der Waals surface area contributed by atoms with Crippen molar-refractivity contribution in [3.05, 3.63) is 64.4 Å². The van der Waals surface area contributed by atoms with Crippen molar-refractivity contribution < 1.29 is 28.3 Å². The largest absolute Gasteiger partial charge is 0.497 e. The van der Waals surface area contributed by atoms with Crippen molar-refractivity contribution in [2.24, 2.45) is 0 Å². The summed E-state index contributed by atoms with van der Waals surface area (Å²) in [5.41, 5.74) is 1.36. The van der Waals surface area contributed by atoms with Gasteiger partial charge in [-0.05, 0) is 35.4 Å². The molecular formula is C23H18N4O6. The third kappa shape index (κ3) is 2.67. The zero-order chi connectivity index (χ0) is 22.9. The molecule has 10 heteroatoms. The van der Waals surface area contributed by atoms with Gasteiger partial charge < -0.3 is 24.7 Å². The Morgan fingerprint density at radius 3 is 2.67 bits per heavy atom. The SMILES string of the molecule is COc1ccc2c(c1)C(=O)N(CC1(c3cc4c5c(ccc4o3)CNC5=O)NC(=O)NC1=O)C2. The lowest BCUT2D eigenvalue weighted by molar-refractivity contribution is -0.125. The molecule has 0 saturated carbocycles. The first kappa shape index (κ1) is 19.4. The van der Waals surface area contributed by atoms with Crippen LogP contribution in [0.5, 0.6) is 5.75 Å². The van der Waals surface area contributed by atoms with E-state index in [0.717, 1.165) is 11.1 Å². The summed E-state index contributed by atoms with van der Waals surface area (Å²) in [6, 6.07) is 9.64. The first-order valence-corrected chi connectivity index (χ1v) is 10.3. The standard InChI is InChI=1S/C23H18N4O6/c1-32-13-4-2-12-9-27(20(29)14(12)6-13)10-23(21(30)25-22(31)26-23)17-7-15-16(33-17)5-3-11-8-24-19(28)18(11)15/h2-7H,8-10H2,1H3,(H,24,28)(H2,25,26,30,31). The van der Waals surface area contributed by atoms with E-state index in [-0.39, 0.29) is 30.7 Å². The van der Waals surface area contributed by atoms with Gasteiger partial charge in [0.2, 0.25) is 0 Å². The Kier molecular flexibility index (Phi) is 3.86. The second kappa shape index (κ2) is 6.58. The highest BCUT2D eigenvalue weighted by Crippen LogP contribution is 2.37. The Morgan fingerprint density at radius 1 is 1.09 bits per heavy atom. The molecule has 0 bridgehead atoms. The molecule has 3 N–H and O–H groups in total. The second-order valence-electron chi connectivity index (χ2n) is 8.30. The van der Waals surface area contributed by atoms with Crippen LogP contribution in [0.25, 0.3) is 11.0 Å². The Bertz CT molecular complexity index is 1410. The summed E-state index contributed by atoms with van der Waals surface area (Å²) in [4.78, 5) is 52.2. The van der Waals surface area contributed by atoms with Crippen LogP contribution in [0.1, 0.15) is 37.6 Å². The quantitative estimate of drug-likeness (QED) is 0.519. The topological polar surface area (TPSA) is 130 Å². The van der Waals surface area contributed by atoms with Crippen molar-refractivity contribution >= 4 is 34.7 Å². The highest BCUT2D eigenvalue weighted by molar-refractivity contribution is 6.11. The summed E-state index contributed by atoms with van der Waals surface area (Å²) in [5.74, 6) is -0.441. The van der Waals surface area contributed by atoms with Crippen LogP contribution in [0.15, 0.2) is 40.8 Å². The molecule has 0 spiro atoms. The molecule has 10 nitrogen and oxygen atoms in total. The number of ether oxygens (including phenoxy) is 1. The third-order valence-electron chi connectivity index (χ3n) is 6.44. The number of nitrogens with one attached hydrogen (secondary N) is 3. The number of carbonyl (C=O) groups is 4. The number of carbonyl (C=O) groups excluding carboxylic acids is 4. The lowest BCUT2D eigenvalue weighted by atomic mass is 9.94. The van der Waals surface area contributed by atoms with E-state index >= 15 is 0 Å². The van der Waals surface area contributed by atoms with E-state index in [1.807, 2.05) is 0 Å². The number of imide groups is 1. The van der Waals surface area contributed by atoms with E-state index in [1.165, 1.54) is 12.0 Å². The van der Waals surface area contributed by atoms with Gasteiger partial charge in [0.15, 0.2) is 5.54 Å². The predicted octanol–water partition coefficient (Wildman–Crippen LogP) is 1.38. The van der Waals surface area contributed by atoms with Gasteiger partial charge in [-0.25, -0.2) is 4.79 Å². The van der Waals surface area contributed by atoms with Crippen LogP contribution < -0.4 is 20.7 Å². The van der Waals surface area contributed by atoms with Crippen molar-refractivity contribution in [1.82, 2.24) is 20.9 Å². The normalized spacial score (nSPS) is 21.2. The van der Waals surface area contributed by atoms with Crippen LogP contribution in [0, 0.1) is 0 Å². The van der Waals surface area contributed by atoms with Gasteiger partial charge in [0.1, 0.15) is 17.1 Å². The van der Waals surface area contributed by atoms with E-state index in [4.69, 9.17) is 9.15 Å². The first-order chi connectivity index (χ1) is 15.9. The predicted molar refractivity (Wildman–Crippen MR) is 113 cm³/mol. The Labute approximate surface area is 186 Å². The Hall–Kier alpha value is -4.34. The molecule has 1 aromatic heterocycles. The van der Waals surface area contributed by atoms with Crippen molar-refractivity contribution in [3.63, 3.8) is 0 Å². The molecule has 1 atom stereocenters. The van der Waals surface area contributed by atoms with Gasteiger partial charge in [-0.3, -0.25) is 19.7 Å². The van der Waals surface area contributed by atoms with Crippen LogP contribution in [0.4, 0.5) is 4.79 Å². The fraction of sp³-hybridized carbons (Fsp3) is 0.217. The highest BCUT2D eigenvalue weighted by atomic mass is 16.5. The monoisotopic (exact) mass is 446 g/mol. The van der Waals surface area contributed by atoms with E-state index < -0.39 is 17.5 Å². The van der Waals surface area contributed by atoms with E-state index in [0.29, 0.717) is 34.4 Å². The maximum atomic E-state index is 13.1. The molecule has 0 aliphatic carbocycles. The van der Waals surface area contributed by atoms with E-state index in [9.17, 15) is 19.2 Å². The number of nitrogens with zero attached hydrogens (tertiary/aromatic N) is 1. The molecule has 3 aromatic rings.